The van der Waals surface area contributed by atoms with Crippen LogP contribution in [0, 0.1) is 0 Å². The highest BCUT2D eigenvalue weighted by Crippen LogP contribution is 2.41. The van der Waals surface area contributed by atoms with Crippen molar-refractivity contribution in [1.82, 2.24) is 10.2 Å². The number of para-hydroxylation sites is 2. The molecule has 3 heterocycles. The largest absolute Gasteiger partial charge is 0.456 e. The molecular formula is C46H27N3O3. The first kappa shape index (κ1) is 28.6. The average molecular weight is 670 g/mol. The van der Waals surface area contributed by atoms with Gasteiger partial charge in [-0.1, -0.05) is 66.7 Å². The Bertz CT molecular complexity index is 2980. The molecule has 3 aromatic heterocycles. The minimum absolute atomic E-state index is 0.473. The van der Waals surface area contributed by atoms with Gasteiger partial charge in [0.25, 0.3) is 0 Å². The average Bonchev–Trinajstić information content (AvgIpc) is 3.93. The number of hydrogen-bond donors (Lipinski definition) is 0. The zero-order valence-electron chi connectivity index (χ0n) is 27.7. The van der Waals surface area contributed by atoms with Crippen LogP contribution in [0.1, 0.15) is 0 Å². The fourth-order valence-electron chi connectivity index (χ4n) is 7.43. The molecule has 0 amide bonds. The Morgan fingerprint density at radius 1 is 0.327 bits per heavy atom. The monoisotopic (exact) mass is 669 g/mol. The van der Waals surface area contributed by atoms with Crippen molar-refractivity contribution in [2.24, 2.45) is 0 Å². The highest BCUT2D eigenvalue weighted by Gasteiger charge is 2.18. The first-order valence-corrected chi connectivity index (χ1v) is 17.2. The molecule has 0 radical (unpaired) electrons. The maximum absolute atomic E-state index is 6.21. The summed E-state index contributed by atoms with van der Waals surface area (Å²) < 4.78 is 18.5. The molecule has 0 spiro atoms. The first-order chi connectivity index (χ1) is 25.7. The SMILES string of the molecule is c1ccc(-c2nnc(-c3ccc(N(c4ccc5cc6oc7ccccc7c6cc5c4)c4ccc5cc6oc7ccccc7c6cc5c4)cc3)o2)cc1. The number of benzene rings is 8. The second kappa shape index (κ2) is 11.2. The van der Waals surface area contributed by atoms with E-state index in [2.05, 4.69) is 112 Å². The zero-order valence-corrected chi connectivity index (χ0v) is 27.7. The third-order valence-corrected chi connectivity index (χ3v) is 9.97. The van der Waals surface area contributed by atoms with Crippen LogP contribution in [0.15, 0.2) is 177 Å². The quantitative estimate of drug-likeness (QED) is 0.182. The molecule has 0 saturated heterocycles. The molecule has 8 aromatic carbocycles. The number of fused-ring (bicyclic) bond motifs is 8. The molecule has 0 N–H and O–H groups in total. The summed E-state index contributed by atoms with van der Waals surface area (Å²) in [5.74, 6) is 0.966. The van der Waals surface area contributed by atoms with E-state index in [1.807, 2.05) is 66.7 Å². The van der Waals surface area contributed by atoms with Gasteiger partial charge in [-0.05, 0) is 119 Å². The molecule has 0 saturated carbocycles. The van der Waals surface area contributed by atoms with Crippen molar-refractivity contribution in [1.29, 1.82) is 0 Å². The molecule has 0 fully saturated rings. The fourth-order valence-corrected chi connectivity index (χ4v) is 7.43. The summed E-state index contributed by atoms with van der Waals surface area (Å²) >= 11 is 0. The minimum Gasteiger partial charge on any atom is -0.456 e. The molecule has 11 rings (SSSR count). The van der Waals surface area contributed by atoms with Crippen LogP contribution in [-0.4, -0.2) is 10.2 Å². The molecule has 0 atom stereocenters. The van der Waals surface area contributed by atoms with Crippen molar-refractivity contribution in [3.8, 4) is 22.9 Å². The lowest BCUT2D eigenvalue weighted by Crippen LogP contribution is -2.10. The van der Waals surface area contributed by atoms with Gasteiger partial charge in [0, 0.05) is 49.7 Å². The number of furan rings is 2. The third-order valence-electron chi connectivity index (χ3n) is 9.97. The van der Waals surface area contributed by atoms with Gasteiger partial charge < -0.3 is 18.2 Å². The van der Waals surface area contributed by atoms with Crippen LogP contribution in [-0.2, 0) is 0 Å². The molecule has 0 aliphatic heterocycles. The minimum atomic E-state index is 0.473. The lowest BCUT2D eigenvalue weighted by molar-refractivity contribution is 0.584. The number of hydrogen-bond acceptors (Lipinski definition) is 6. The molecular weight excluding hydrogens is 643 g/mol. The van der Waals surface area contributed by atoms with Gasteiger partial charge in [0.05, 0.1) is 0 Å². The van der Waals surface area contributed by atoms with Gasteiger partial charge in [-0.25, -0.2) is 0 Å². The topological polar surface area (TPSA) is 68.4 Å². The van der Waals surface area contributed by atoms with Gasteiger partial charge in [0.15, 0.2) is 0 Å². The van der Waals surface area contributed by atoms with Crippen molar-refractivity contribution in [3.63, 3.8) is 0 Å². The van der Waals surface area contributed by atoms with E-state index in [9.17, 15) is 0 Å². The molecule has 6 nitrogen and oxygen atoms in total. The number of aromatic nitrogens is 2. The maximum Gasteiger partial charge on any atom is 0.248 e. The number of nitrogens with zero attached hydrogens (tertiary/aromatic N) is 3. The smallest absolute Gasteiger partial charge is 0.248 e. The fraction of sp³-hybridized carbons (Fsp3) is 0. The van der Waals surface area contributed by atoms with Crippen LogP contribution in [0.25, 0.3) is 88.3 Å². The van der Waals surface area contributed by atoms with Gasteiger partial charge >= 0.3 is 0 Å². The Hall–Kier alpha value is -7.18. The van der Waals surface area contributed by atoms with Gasteiger partial charge in [0.2, 0.25) is 11.8 Å². The molecule has 0 aliphatic rings. The lowest BCUT2D eigenvalue weighted by atomic mass is 10.0. The van der Waals surface area contributed by atoms with Gasteiger partial charge in [0.1, 0.15) is 22.3 Å². The summed E-state index contributed by atoms with van der Waals surface area (Å²) in [5.41, 5.74) is 8.35. The summed E-state index contributed by atoms with van der Waals surface area (Å²) in [6.07, 6.45) is 0. The first-order valence-electron chi connectivity index (χ1n) is 17.2. The van der Waals surface area contributed by atoms with E-state index in [0.29, 0.717) is 11.8 Å². The van der Waals surface area contributed by atoms with Gasteiger partial charge in [-0.3, -0.25) is 0 Å². The predicted octanol–water partition coefficient (Wildman–Crippen LogP) is 13.0. The molecule has 0 aliphatic carbocycles. The number of rotatable bonds is 5. The lowest BCUT2D eigenvalue weighted by Gasteiger charge is -2.26. The molecule has 11 aromatic rings. The highest BCUT2D eigenvalue weighted by molar-refractivity contribution is 6.12. The summed E-state index contributed by atoms with van der Waals surface area (Å²) in [5, 5.41) is 17.6. The summed E-state index contributed by atoms with van der Waals surface area (Å²) in [6, 6.07) is 56.5. The van der Waals surface area contributed by atoms with E-state index in [1.165, 1.54) is 0 Å². The van der Waals surface area contributed by atoms with E-state index < -0.39 is 0 Å². The summed E-state index contributed by atoms with van der Waals surface area (Å²) in [6.45, 7) is 0. The Morgan fingerprint density at radius 2 is 0.808 bits per heavy atom. The predicted molar refractivity (Wildman–Crippen MR) is 209 cm³/mol. The Labute approximate surface area is 296 Å². The van der Waals surface area contributed by atoms with Gasteiger partial charge in [-0.15, -0.1) is 10.2 Å². The van der Waals surface area contributed by atoms with E-state index in [0.717, 1.165) is 93.6 Å². The van der Waals surface area contributed by atoms with Crippen LogP contribution in [0.4, 0.5) is 17.1 Å². The second-order valence-corrected chi connectivity index (χ2v) is 13.1. The van der Waals surface area contributed by atoms with Crippen molar-refractivity contribution >= 4 is 82.5 Å². The maximum atomic E-state index is 6.21. The highest BCUT2D eigenvalue weighted by atomic mass is 16.4. The molecule has 6 heteroatoms. The molecule has 0 bridgehead atoms. The molecule has 52 heavy (non-hydrogen) atoms. The zero-order chi connectivity index (χ0) is 34.2. The molecule has 244 valence electrons. The van der Waals surface area contributed by atoms with Crippen molar-refractivity contribution in [2.75, 3.05) is 4.90 Å². The normalized spacial score (nSPS) is 11.8. The van der Waals surface area contributed by atoms with Crippen LogP contribution in [0.2, 0.25) is 0 Å². The van der Waals surface area contributed by atoms with E-state index >= 15 is 0 Å². The summed E-state index contributed by atoms with van der Waals surface area (Å²) in [7, 11) is 0. The van der Waals surface area contributed by atoms with Crippen molar-refractivity contribution < 1.29 is 13.3 Å². The second-order valence-electron chi connectivity index (χ2n) is 13.1. The third kappa shape index (κ3) is 4.58. The standard InChI is InChI=1S/C46H27N3O3/c1-2-8-28(9-3-1)45-47-48-46(52-45)29-14-18-34(19-15-29)49(35-20-16-30-26-43-39(24-32(30)22-35)37-10-4-6-12-41(37)50-43)36-21-17-31-27-44-40(25-33(31)23-36)38-11-5-7-13-42(38)51-44/h1-27H. The number of anilines is 3. The van der Waals surface area contributed by atoms with E-state index in [1.54, 1.807) is 0 Å². The molecule has 0 unspecified atom stereocenters. The van der Waals surface area contributed by atoms with Crippen LogP contribution in [0.3, 0.4) is 0 Å². The van der Waals surface area contributed by atoms with E-state index in [4.69, 9.17) is 13.3 Å². The Morgan fingerprint density at radius 3 is 1.37 bits per heavy atom. The van der Waals surface area contributed by atoms with Gasteiger partial charge in [-0.2, -0.15) is 0 Å². The van der Waals surface area contributed by atoms with Crippen molar-refractivity contribution in [2.45, 2.75) is 0 Å². The Balaban J connectivity index is 1.06. The van der Waals surface area contributed by atoms with Crippen LogP contribution < -0.4 is 4.90 Å². The van der Waals surface area contributed by atoms with Crippen LogP contribution >= 0.6 is 0 Å². The van der Waals surface area contributed by atoms with Crippen LogP contribution in [0.5, 0.6) is 0 Å². The van der Waals surface area contributed by atoms with E-state index in [-0.39, 0.29) is 0 Å². The van der Waals surface area contributed by atoms with Crippen molar-refractivity contribution in [3.05, 3.63) is 164 Å². The Kier molecular flexibility index (Phi) is 6.15. The summed E-state index contributed by atoms with van der Waals surface area (Å²) in [4.78, 5) is 2.29.